The summed E-state index contributed by atoms with van der Waals surface area (Å²) < 4.78 is 7.42. The number of fused-ring (bicyclic) bond motifs is 1. The van der Waals surface area contributed by atoms with E-state index in [1.807, 2.05) is 27.1 Å². The summed E-state index contributed by atoms with van der Waals surface area (Å²) in [6, 6.07) is 0. The molecule has 6 nitrogen and oxygen atoms in total. The molecule has 0 aromatic carbocycles. The Morgan fingerprint density at radius 3 is 3.05 bits per heavy atom. The zero-order valence-corrected chi connectivity index (χ0v) is 12.2. The van der Waals surface area contributed by atoms with E-state index in [1.165, 1.54) is 0 Å². The molecular weight excluding hydrogens is 256 g/mol. The Kier molecular flexibility index (Phi) is 2.92. The molecule has 2 heterocycles. The number of nitrogens with two attached hydrogens (primary N) is 1. The minimum absolute atomic E-state index is 0.0851. The number of ether oxygens (including phenoxy) is 1. The third kappa shape index (κ3) is 1.64. The minimum atomic E-state index is -0.837. The highest BCUT2D eigenvalue weighted by atomic mass is 16.5. The average Bonchev–Trinajstić information content (AvgIpc) is 3.02. The molecule has 110 valence electrons. The van der Waals surface area contributed by atoms with Gasteiger partial charge in [-0.3, -0.25) is 9.48 Å². The van der Waals surface area contributed by atoms with Crippen molar-refractivity contribution in [3.63, 3.8) is 0 Å². The van der Waals surface area contributed by atoms with Gasteiger partial charge in [-0.2, -0.15) is 5.10 Å². The molecule has 1 saturated heterocycles. The average molecular weight is 278 g/mol. The predicted octanol–water partition coefficient (Wildman–Crippen LogP) is 0.179. The summed E-state index contributed by atoms with van der Waals surface area (Å²) in [5.74, 6) is 0.0458. The maximum absolute atomic E-state index is 12.6. The molecule has 1 aliphatic carbocycles. The molecular formula is C14H22N4O2. The van der Waals surface area contributed by atoms with Crippen LogP contribution < -0.4 is 11.1 Å². The summed E-state index contributed by atoms with van der Waals surface area (Å²) in [7, 11) is 1.85. The molecule has 0 bridgehead atoms. The molecule has 3 rings (SSSR count). The number of carbonyl (C=O) groups is 1. The van der Waals surface area contributed by atoms with Gasteiger partial charge in [-0.05, 0) is 6.42 Å². The van der Waals surface area contributed by atoms with Crippen LogP contribution in [0.3, 0.4) is 0 Å². The first-order chi connectivity index (χ1) is 9.37. The number of nitrogens with zero attached hydrogens (tertiary/aromatic N) is 2. The van der Waals surface area contributed by atoms with Gasteiger partial charge in [0.2, 0.25) is 5.91 Å². The van der Waals surface area contributed by atoms with Crippen molar-refractivity contribution in [3.05, 3.63) is 18.0 Å². The molecule has 1 aromatic heterocycles. The number of hydrogen-bond acceptors (Lipinski definition) is 4. The quantitative estimate of drug-likeness (QED) is 0.826. The van der Waals surface area contributed by atoms with Crippen LogP contribution in [0.5, 0.6) is 0 Å². The molecule has 3 N–H and O–H groups in total. The molecule has 1 aliphatic heterocycles. The topological polar surface area (TPSA) is 82.2 Å². The van der Waals surface area contributed by atoms with Gasteiger partial charge in [-0.15, -0.1) is 0 Å². The molecule has 2 fully saturated rings. The third-order valence-electron chi connectivity index (χ3n) is 5.04. The van der Waals surface area contributed by atoms with E-state index in [2.05, 4.69) is 10.4 Å². The molecule has 6 heteroatoms. The molecule has 0 radical (unpaired) electrons. The van der Waals surface area contributed by atoms with Crippen LogP contribution in [0.4, 0.5) is 0 Å². The van der Waals surface area contributed by atoms with Crippen molar-refractivity contribution >= 4 is 5.91 Å². The van der Waals surface area contributed by atoms with Crippen LogP contribution in [0.2, 0.25) is 0 Å². The van der Waals surface area contributed by atoms with Crippen molar-refractivity contribution < 1.29 is 9.53 Å². The van der Waals surface area contributed by atoms with Gasteiger partial charge in [0.1, 0.15) is 5.54 Å². The van der Waals surface area contributed by atoms with E-state index >= 15 is 0 Å². The summed E-state index contributed by atoms with van der Waals surface area (Å²) in [5.41, 5.74) is 6.28. The molecule has 1 aromatic rings. The van der Waals surface area contributed by atoms with Crippen molar-refractivity contribution in [1.29, 1.82) is 0 Å². The van der Waals surface area contributed by atoms with Crippen LogP contribution in [0, 0.1) is 11.3 Å². The van der Waals surface area contributed by atoms with Crippen LogP contribution in [0.25, 0.3) is 0 Å². The molecule has 1 amide bonds. The SMILES string of the molecule is Cn1cc(CNC(=O)C2(N)C3CCOC3C2(C)C)cn1. The Morgan fingerprint density at radius 2 is 2.40 bits per heavy atom. The van der Waals surface area contributed by atoms with E-state index in [4.69, 9.17) is 10.5 Å². The van der Waals surface area contributed by atoms with Gasteiger partial charge in [0, 0.05) is 43.3 Å². The number of amides is 1. The fourth-order valence-electron chi connectivity index (χ4n) is 3.74. The lowest BCUT2D eigenvalue weighted by Gasteiger charge is -2.60. The summed E-state index contributed by atoms with van der Waals surface area (Å²) >= 11 is 0. The maximum Gasteiger partial charge on any atom is 0.241 e. The second-order valence-electron chi connectivity index (χ2n) is 6.48. The van der Waals surface area contributed by atoms with E-state index in [-0.39, 0.29) is 23.3 Å². The third-order valence-corrected chi connectivity index (χ3v) is 5.04. The van der Waals surface area contributed by atoms with E-state index in [0.29, 0.717) is 13.2 Å². The number of nitrogens with one attached hydrogen (secondary N) is 1. The van der Waals surface area contributed by atoms with Crippen molar-refractivity contribution in [2.75, 3.05) is 6.61 Å². The van der Waals surface area contributed by atoms with E-state index < -0.39 is 5.54 Å². The number of aryl methyl sites for hydroxylation is 1. The number of rotatable bonds is 3. The Morgan fingerprint density at radius 1 is 1.65 bits per heavy atom. The molecule has 3 atom stereocenters. The minimum Gasteiger partial charge on any atom is -0.377 e. The highest BCUT2D eigenvalue weighted by Gasteiger charge is 2.71. The van der Waals surface area contributed by atoms with Crippen molar-refractivity contribution in [1.82, 2.24) is 15.1 Å². The first-order valence-corrected chi connectivity index (χ1v) is 7.03. The van der Waals surface area contributed by atoms with E-state index in [9.17, 15) is 4.79 Å². The van der Waals surface area contributed by atoms with Crippen molar-refractivity contribution in [3.8, 4) is 0 Å². The largest absolute Gasteiger partial charge is 0.377 e. The summed E-state index contributed by atoms with van der Waals surface area (Å²) in [6.07, 6.45) is 4.61. The van der Waals surface area contributed by atoms with Crippen LogP contribution in [0.15, 0.2) is 12.4 Å². The second-order valence-corrected chi connectivity index (χ2v) is 6.48. The van der Waals surface area contributed by atoms with E-state index in [1.54, 1.807) is 10.9 Å². The first kappa shape index (κ1) is 13.6. The molecule has 1 saturated carbocycles. The lowest BCUT2D eigenvalue weighted by Crippen LogP contribution is -2.80. The van der Waals surface area contributed by atoms with Gasteiger partial charge in [0.15, 0.2) is 0 Å². The Hall–Kier alpha value is -1.40. The first-order valence-electron chi connectivity index (χ1n) is 7.03. The Bertz CT molecular complexity index is 539. The molecule has 0 spiro atoms. The predicted molar refractivity (Wildman–Crippen MR) is 73.6 cm³/mol. The number of carbonyl (C=O) groups excluding carboxylic acids is 1. The van der Waals surface area contributed by atoms with Gasteiger partial charge < -0.3 is 15.8 Å². The summed E-state index contributed by atoms with van der Waals surface area (Å²) in [4.78, 5) is 12.6. The zero-order chi connectivity index (χ0) is 14.5. The molecule has 2 aliphatic rings. The van der Waals surface area contributed by atoms with Crippen LogP contribution in [0.1, 0.15) is 25.8 Å². The van der Waals surface area contributed by atoms with Crippen LogP contribution in [-0.2, 0) is 23.1 Å². The van der Waals surface area contributed by atoms with E-state index in [0.717, 1.165) is 12.0 Å². The lowest BCUT2D eigenvalue weighted by molar-refractivity contribution is -0.175. The number of hydrogen-bond donors (Lipinski definition) is 2. The lowest BCUT2D eigenvalue weighted by atomic mass is 9.48. The second kappa shape index (κ2) is 4.30. The van der Waals surface area contributed by atoms with Gasteiger partial charge in [-0.1, -0.05) is 13.8 Å². The molecule has 20 heavy (non-hydrogen) atoms. The van der Waals surface area contributed by atoms with Gasteiger partial charge >= 0.3 is 0 Å². The van der Waals surface area contributed by atoms with Crippen LogP contribution in [-0.4, -0.2) is 33.9 Å². The standard InChI is InChI=1S/C14H22N4O2/c1-13(2)11-10(4-5-20-11)14(13,15)12(19)16-6-9-7-17-18(3)8-9/h7-8,10-11H,4-6,15H2,1-3H3,(H,16,19). The van der Waals surface area contributed by atoms with Crippen molar-refractivity contribution in [2.45, 2.75) is 38.5 Å². The number of aromatic nitrogens is 2. The summed E-state index contributed by atoms with van der Waals surface area (Å²) in [5, 5.41) is 7.04. The fraction of sp³-hybridized carbons (Fsp3) is 0.714. The highest BCUT2D eigenvalue weighted by molar-refractivity contribution is 5.89. The molecule has 3 unspecified atom stereocenters. The maximum atomic E-state index is 12.6. The highest BCUT2D eigenvalue weighted by Crippen LogP contribution is 2.58. The smallest absolute Gasteiger partial charge is 0.241 e. The normalized spacial score (nSPS) is 34.4. The zero-order valence-electron chi connectivity index (χ0n) is 12.2. The Labute approximate surface area is 118 Å². The fourth-order valence-corrected chi connectivity index (χ4v) is 3.74. The summed E-state index contributed by atoms with van der Waals surface area (Å²) in [6.45, 7) is 5.19. The van der Waals surface area contributed by atoms with Gasteiger partial charge in [0.25, 0.3) is 0 Å². The van der Waals surface area contributed by atoms with Crippen molar-refractivity contribution in [2.24, 2.45) is 24.1 Å². The Balaban J connectivity index is 1.70. The van der Waals surface area contributed by atoms with Crippen LogP contribution >= 0.6 is 0 Å². The monoisotopic (exact) mass is 278 g/mol. The van der Waals surface area contributed by atoms with Gasteiger partial charge in [-0.25, -0.2) is 0 Å². The van der Waals surface area contributed by atoms with Gasteiger partial charge in [0.05, 0.1) is 12.3 Å².